The maximum Gasteiger partial charge on any atom is 0.115 e. The van der Waals surface area contributed by atoms with Crippen molar-refractivity contribution < 1.29 is 5.11 Å². The van der Waals surface area contributed by atoms with Crippen molar-refractivity contribution in [2.45, 2.75) is 26.4 Å². The minimum Gasteiger partial charge on any atom is -0.508 e. The molecule has 20 heavy (non-hydrogen) atoms. The predicted molar refractivity (Wildman–Crippen MR) is 82.9 cm³/mol. The van der Waals surface area contributed by atoms with E-state index in [0.29, 0.717) is 6.54 Å². The Hall–Kier alpha value is -1.43. The molecule has 0 saturated carbocycles. The molecule has 0 spiro atoms. The molecular weight excluding hydrogens is 270 g/mol. The van der Waals surface area contributed by atoms with Crippen LogP contribution in [0.15, 0.2) is 29.6 Å². The number of benzene rings is 1. The summed E-state index contributed by atoms with van der Waals surface area (Å²) in [6.45, 7) is 6.58. The molecule has 0 radical (unpaired) electrons. The molecule has 0 aliphatic heterocycles. The van der Waals surface area contributed by atoms with Gasteiger partial charge in [0.2, 0.25) is 0 Å². The quantitative estimate of drug-likeness (QED) is 0.859. The van der Waals surface area contributed by atoms with Crippen molar-refractivity contribution in [3.8, 4) is 5.75 Å². The van der Waals surface area contributed by atoms with Gasteiger partial charge in [0.05, 0.1) is 11.7 Å². The van der Waals surface area contributed by atoms with Crippen molar-refractivity contribution in [2.24, 2.45) is 5.73 Å². The molecule has 3 N–H and O–H groups in total. The van der Waals surface area contributed by atoms with Gasteiger partial charge in [0.25, 0.3) is 0 Å². The maximum atomic E-state index is 9.73. The van der Waals surface area contributed by atoms with Crippen LogP contribution in [0.1, 0.15) is 36.2 Å². The van der Waals surface area contributed by atoms with E-state index in [1.165, 1.54) is 0 Å². The van der Waals surface area contributed by atoms with Gasteiger partial charge in [-0.1, -0.05) is 26.0 Å². The van der Waals surface area contributed by atoms with Gasteiger partial charge >= 0.3 is 0 Å². The number of aromatic nitrogens is 1. The highest BCUT2D eigenvalue weighted by Gasteiger charge is 2.23. The monoisotopic (exact) mass is 291 g/mol. The normalized spacial score (nSPS) is 12.8. The molecule has 0 aliphatic carbocycles. The van der Waals surface area contributed by atoms with E-state index in [1.807, 2.05) is 23.6 Å². The highest BCUT2D eigenvalue weighted by molar-refractivity contribution is 7.09. The van der Waals surface area contributed by atoms with E-state index in [4.69, 9.17) is 5.73 Å². The second-order valence-corrected chi connectivity index (χ2v) is 5.49. The van der Waals surface area contributed by atoms with E-state index >= 15 is 0 Å². The molecule has 1 atom stereocenters. The third-order valence-corrected chi connectivity index (χ3v) is 4.32. The minimum atomic E-state index is 0.0717. The topological polar surface area (TPSA) is 62.4 Å². The van der Waals surface area contributed by atoms with Crippen molar-refractivity contribution in [3.05, 3.63) is 45.9 Å². The lowest BCUT2D eigenvalue weighted by atomic mass is 10.1. The number of phenols is 1. The van der Waals surface area contributed by atoms with Crippen LogP contribution in [0.4, 0.5) is 0 Å². The molecule has 1 aromatic heterocycles. The van der Waals surface area contributed by atoms with Crippen molar-refractivity contribution in [1.29, 1.82) is 0 Å². The molecule has 5 heteroatoms. The number of hydrogen-bond acceptors (Lipinski definition) is 5. The molecule has 2 aromatic rings. The van der Waals surface area contributed by atoms with Gasteiger partial charge in [0.15, 0.2) is 0 Å². The number of nitrogens with zero attached hydrogens (tertiary/aromatic N) is 2. The first-order chi connectivity index (χ1) is 9.69. The van der Waals surface area contributed by atoms with Crippen LogP contribution >= 0.6 is 11.3 Å². The van der Waals surface area contributed by atoms with Crippen molar-refractivity contribution in [1.82, 2.24) is 9.88 Å². The van der Waals surface area contributed by atoms with E-state index in [9.17, 15) is 5.11 Å². The SMILES string of the molecule is CCN(CC)C(c1cccc(O)c1)c1nc(CN)cs1. The van der Waals surface area contributed by atoms with Crippen molar-refractivity contribution in [3.63, 3.8) is 0 Å². The standard InChI is InChI=1S/C15H21N3OS/c1-3-18(4-2)14(11-6-5-7-13(19)8-11)15-17-12(9-16)10-20-15/h5-8,10,14,19H,3-4,9,16H2,1-2H3. The lowest BCUT2D eigenvalue weighted by Gasteiger charge is -2.28. The Morgan fingerprint density at radius 2 is 2.10 bits per heavy atom. The van der Waals surface area contributed by atoms with E-state index in [-0.39, 0.29) is 11.8 Å². The van der Waals surface area contributed by atoms with Crippen LogP contribution in [0.2, 0.25) is 0 Å². The summed E-state index contributed by atoms with van der Waals surface area (Å²) in [5.41, 5.74) is 7.64. The Bertz CT molecular complexity index is 552. The summed E-state index contributed by atoms with van der Waals surface area (Å²) in [5, 5.41) is 12.8. The summed E-state index contributed by atoms with van der Waals surface area (Å²) < 4.78 is 0. The fourth-order valence-electron chi connectivity index (χ4n) is 2.34. The first-order valence-corrected chi connectivity index (χ1v) is 7.74. The highest BCUT2D eigenvalue weighted by atomic mass is 32.1. The van der Waals surface area contributed by atoms with Gasteiger partial charge in [-0.05, 0) is 30.8 Å². The minimum absolute atomic E-state index is 0.0717. The van der Waals surface area contributed by atoms with Crippen LogP contribution in [0.5, 0.6) is 5.75 Å². The van der Waals surface area contributed by atoms with E-state index in [0.717, 1.165) is 29.4 Å². The molecule has 1 aromatic carbocycles. The number of nitrogens with two attached hydrogens (primary N) is 1. The molecule has 0 aliphatic rings. The Balaban J connectivity index is 2.43. The van der Waals surface area contributed by atoms with Crippen LogP contribution < -0.4 is 5.73 Å². The van der Waals surface area contributed by atoms with Crippen LogP contribution in [0, 0.1) is 0 Å². The summed E-state index contributed by atoms with van der Waals surface area (Å²) in [4.78, 5) is 6.95. The predicted octanol–water partition coefficient (Wildman–Crippen LogP) is 2.74. The van der Waals surface area contributed by atoms with Crippen LogP contribution in [0.3, 0.4) is 0 Å². The van der Waals surface area contributed by atoms with E-state index < -0.39 is 0 Å². The molecule has 108 valence electrons. The third-order valence-electron chi connectivity index (χ3n) is 3.38. The molecule has 2 rings (SSSR count). The molecule has 1 unspecified atom stereocenters. The first kappa shape index (κ1) is 15.0. The van der Waals surface area contributed by atoms with Gasteiger partial charge in [-0.25, -0.2) is 4.98 Å². The number of phenolic OH excluding ortho intramolecular Hbond substituents is 1. The summed E-state index contributed by atoms with van der Waals surface area (Å²) >= 11 is 1.63. The van der Waals surface area contributed by atoms with E-state index in [1.54, 1.807) is 17.4 Å². The van der Waals surface area contributed by atoms with Gasteiger partial charge in [-0.2, -0.15) is 0 Å². The van der Waals surface area contributed by atoms with Gasteiger partial charge < -0.3 is 10.8 Å². The van der Waals surface area contributed by atoms with Gasteiger partial charge in [0, 0.05) is 11.9 Å². The average Bonchev–Trinajstić information content (AvgIpc) is 2.93. The fourth-order valence-corrected chi connectivity index (χ4v) is 3.32. The Labute approximate surface area is 123 Å². The molecular formula is C15H21N3OS. The Morgan fingerprint density at radius 1 is 1.35 bits per heavy atom. The molecule has 0 amide bonds. The first-order valence-electron chi connectivity index (χ1n) is 6.86. The zero-order valence-corrected chi connectivity index (χ0v) is 12.7. The largest absolute Gasteiger partial charge is 0.508 e. The van der Waals surface area contributed by atoms with Crippen LogP contribution in [-0.4, -0.2) is 28.1 Å². The Kier molecular flexibility index (Phi) is 5.11. The molecule has 0 saturated heterocycles. The van der Waals surface area contributed by atoms with Crippen molar-refractivity contribution in [2.75, 3.05) is 13.1 Å². The molecule has 1 heterocycles. The molecule has 4 nitrogen and oxygen atoms in total. The average molecular weight is 291 g/mol. The summed E-state index contributed by atoms with van der Waals surface area (Å²) in [7, 11) is 0. The fraction of sp³-hybridized carbons (Fsp3) is 0.400. The third kappa shape index (κ3) is 3.17. The highest BCUT2D eigenvalue weighted by Crippen LogP contribution is 2.32. The van der Waals surface area contributed by atoms with Crippen molar-refractivity contribution >= 4 is 11.3 Å². The number of thiazole rings is 1. The summed E-state index contributed by atoms with van der Waals surface area (Å²) in [5.74, 6) is 0.287. The van der Waals surface area contributed by atoms with Gasteiger partial charge in [-0.3, -0.25) is 4.90 Å². The number of hydrogen-bond donors (Lipinski definition) is 2. The van der Waals surface area contributed by atoms with Crippen LogP contribution in [-0.2, 0) is 6.54 Å². The lowest BCUT2D eigenvalue weighted by Crippen LogP contribution is -2.29. The smallest absolute Gasteiger partial charge is 0.115 e. The maximum absolute atomic E-state index is 9.73. The van der Waals surface area contributed by atoms with Gasteiger partial charge in [0.1, 0.15) is 10.8 Å². The second-order valence-electron chi connectivity index (χ2n) is 4.60. The van der Waals surface area contributed by atoms with Gasteiger partial charge in [-0.15, -0.1) is 11.3 Å². The lowest BCUT2D eigenvalue weighted by molar-refractivity contribution is 0.249. The zero-order valence-electron chi connectivity index (χ0n) is 11.9. The molecule has 0 bridgehead atoms. The Morgan fingerprint density at radius 3 is 2.65 bits per heavy atom. The number of aromatic hydroxyl groups is 1. The summed E-state index contributed by atoms with van der Waals surface area (Å²) in [6.07, 6.45) is 0. The summed E-state index contributed by atoms with van der Waals surface area (Å²) in [6, 6.07) is 7.48. The van der Waals surface area contributed by atoms with Crippen LogP contribution in [0.25, 0.3) is 0 Å². The second kappa shape index (κ2) is 6.83. The van der Waals surface area contributed by atoms with E-state index in [2.05, 4.69) is 23.7 Å². The molecule has 0 fully saturated rings. The zero-order chi connectivity index (χ0) is 14.5. The number of rotatable bonds is 6.